The number of nitrogens with two attached hydrogens (primary N) is 1. The van der Waals surface area contributed by atoms with Crippen LogP contribution in [0.25, 0.3) is 11.4 Å². The average Bonchev–Trinajstić information content (AvgIpc) is 3.83. The Bertz CT molecular complexity index is 1800. The van der Waals surface area contributed by atoms with E-state index in [1.165, 1.54) is 17.2 Å². The normalized spacial score (nSPS) is 22.8. The number of anilines is 1. The van der Waals surface area contributed by atoms with E-state index in [0.29, 0.717) is 63.0 Å². The van der Waals surface area contributed by atoms with Crippen molar-refractivity contribution in [2.75, 3.05) is 52.0 Å². The first-order chi connectivity index (χ1) is 24.4. The molecule has 2 unspecified atom stereocenters. The minimum Gasteiger partial charge on any atom is -0.397 e. The topological polar surface area (TPSA) is 136 Å². The number of fused-ring (bicyclic) bond motifs is 2. The third kappa shape index (κ3) is 7.40. The number of carbonyl (C=O) groups excluding carboxylic acids is 2. The van der Waals surface area contributed by atoms with E-state index in [1.807, 2.05) is 30.3 Å². The highest BCUT2D eigenvalue weighted by molar-refractivity contribution is 9.10. The fourth-order valence-corrected chi connectivity index (χ4v) is 8.82. The average molecular weight is 775 g/mol. The zero-order valence-corrected chi connectivity index (χ0v) is 30.0. The Kier molecular flexibility index (Phi) is 9.93. The van der Waals surface area contributed by atoms with E-state index in [9.17, 15) is 27.6 Å². The van der Waals surface area contributed by atoms with Crippen molar-refractivity contribution in [3.8, 4) is 11.4 Å². The minimum atomic E-state index is -4.69. The first kappa shape index (κ1) is 35.5. The third-order valence-corrected chi connectivity index (χ3v) is 11.8. The molecule has 12 nitrogen and oxygen atoms in total. The Hall–Kier alpha value is -3.89. The quantitative estimate of drug-likeness (QED) is 0.310. The van der Waals surface area contributed by atoms with Crippen LogP contribution in [0, 0.1) is 0 Å². The Morgan fingerprint density at radius 3 is 2.27 bits per heavy atom. The van der Waals surface area contributed by atoms with Crippen LogP contribution in [0.15, 0.2) is 51.7 Å². The van der Waals surface area contributed by atoms with Crippen LogP contribution in [0.2, 0.25) is 0 Å². The molecule has 4 aliphatic heterocycles. The summed E-state index contributed by atoms with van der Waals surface area (Å²) in [4.78, 5) is 51.7. The maximum Gasteiger partial charge on any atom is 0.418 e. The second-order valence-corrected chi connectivity index (χ2v) is 15.1. The number of aromatic amines is 1. The number of piperidine rings is 2. The predicted octanol–water partition coefficient (Wildman–Crippen LogP) is 3.94. The molecule has 2 aromatic carbocycles. The van der Waals surface area contributed by atoms with Gasteiger partial charge in [-0.1, -0.05) is 30.3 Å². The van der Waals surface area contributed by atoms with Crippen LogP contribution in [-0.4, -0.2) is 117 Å². The molecular formula is C35H43BrF3N9O3. The maximum absolute atomic E-state index is 14.1. The molecule has 274 valence electrons. The van der Waals surface area contributed by atoms with Gasteiger partial charge in [-0.3, -0.25) is 14.7 Å². The zero-order valence-electron chi connectivity index (χ0n) is 28.4. The van der Waals surface area contributed by atoms with Crippen LogP contribution in [0.5, 0.6) is 0 Å². The molecule has 4 aliphatic rings. The lowest BCUT2D eigenvalue weighted by atomic mass is 9.98. The molecule has 3 amide bonds. The number of alkyl halides is 3. The molecule has 0 saturated carbocycles. The largest absolute Gasteiger partial charge is 0.418 e. The predicted molar refractivity (Wildman–Crippen MR) is 189 cm³/mol. The molecule has 4 fully saturated rings. The summed E-state index contributed by atoms with van der Waals surface area (Å²) >= 11 is 3.15. The number of aromatic nitrogens is 3. The molecule has 3 atom stereocenters. The van der Waals surface area contributed by atoms with Gasteiger partial charge in [-0.25, -0.2) is 14.3 Å². The SMILES string of the molecule is CN1CC2CC1CN2C1CCN(C(=O)[C@@H](Cc2cc(Br)c(N)c(C(F)(F)F)c2)NC(=O)N2CCC(n3nc(-c4ccccc4)[nH]c3=O)CC2)CC1. The number of likely N-dealkylation sites (tertiary alicyclic amines) is 4. The molecule has 4 N–H and O–H groups in total. The highest BCUT2D eigenvalue weighted by atomic mass is 79.9. The molecule has 0 spiro atoms. The van der Waals surface area contributed by atoms with Crippen molar-refractivity contribution < 1.29 is 22.8 Å². The van der Waals surface area contributed by atoms with Gasteiger partial charge in [-0.05, 0) is 72.8 Å². The van der Waals surface area contributed by atoms with Crippen LogP contribution in [0.4, 0.5) is 23.7 Å². The number of H-pyrrole nitrogens is 1. The van der Waals surface area contributed by atoms with Gasteiger partial charge in [0, 0.05) is 73.9 Å². The van der Waals surface area contributed by atoms with Gasteiger partial charge in [0.1, 0.15) is 6.04 Å². The van der Waals surface area contributed by atoms with Gasteiger partial charge >= 0.3 is 17.9 Å². The summed E-state index contributed by atoms with van der Waals surface area (Å²) in [5.41, 5.74) is 5.01. The monoisotopic (exact) mass is 773 g/mol. The number of likely N-dealkylation sites (N-methyl/N-ethyl adjacent to an activating group) is 1. The maximum atomic E-state index is 14.1. The summed E-state index contributed by atoms with van der Waals surface area (Å²) in [6.45, 7) is 3.72. The van der Waals surface area contributed by atoms with Gasteiger partial charge in [-0.15, -0.1) is 5.10 Å². The lowest BCUT2D eigenvalue weighted by molar-refractivity contribution is -0.137. The van der Waals surface area contributed by atoms with E-state index in [2.05, 4.69) is 48.2 Å². The van der Waals surface area contributed by atoms with Crippen LogP contribution in [-0.2, 0) is 17.4 Å². The molecule has 3 aromatic rings. The molecular weight excluding hydrogens is 731 g/mol. The minimum absolute atomic E-state index is 0.0716. The smallest absolute Gasteiger partial charge is 0.397 e. The number of benzene rings is 2. The standard InChI is InChI=1S/C35H43BrF3N9O3/c1-44-19-26-18-25(44)20-47(26)23-7-11-45(12-8-23)32(49)29(17-21-15-27(35(37,38)39)30(40)28(36)16-21)41-33(50)46-13-9-24(10-14-46)48-34(51)42-31(43-48)22-5-3-2-4-6-22/h2-6,15-16,23-26,29H,7-14,17-20,40H2,1H3,(H,41,50)(H,42,43,51)/t25?,26?,29-/m1/s1. The molecule has 16 heteroatoms. The molecule has 0 aliphatic carbocycles. The molecule has 0 radical (unpaired) electrons. The van der Waals surface area contributed by atoms with E-state index >= 15 is 0 Å². The highest BCUT2D eigenvalue weighted by Crippen LogP contribution is 2.38. The van der Waals surface area contributed by atoms with E-state index in [4.69, 9.17) is 5.73 Å². The summed E-state index contributed by atoms with van der Waals surface area (Å²) in [7, 11) is 2.17. The summed E-state index contributed by atoms with van der Waals surface area (Å²) in [6, 6.07) is 11.4. The number of amides is 3. The highest BCUT2D eigenvalue weighted by Gasteiger charge is 2.45. The molecule has 51 heavy (non-hydrogen) atoms. The lowest BCUT2D eigenvalue weighted by Crippen LogP contribution is -2.57. The van der Waals surface area contributed by atoms with Crippen molar-refractivity contribution in [1.82, 2.24) is 39.7 Å². The molecule has 4 saturated heterocycles. The van der Waals surface area contributed by atoms with Crippen molar-refractivity contribution in [2.24, 2.45) is 0 Å². The number of urea groups is 1. The van der Waals surface area contributed by atoms with Gasteiger partial charge in [0.15, 0.2) is 5.82 Å². The van der Waals surface area contributed by atoms with Crippen LogP contribution in [0.3, 0.4) is 0 Å². The van der Waals surface area contributed by atoms with Gasteiger partial charge in [-0.2, -0.15) is 13.2 Å². The number of nitrogens with zero attached hydrogens (tertiary/aromatic N) is 6. The Balaban J connectivity index is 1.03. The Morgan fingerprint density at radius 2 is 1.65 bits per heavy atom. The number of halogens is 4. The second-order valence-electron chi connectivity index (χ2n) is 14.3. The number of nitrogen functional groups attached to an aromatic ring is 1. The fraction of sp³-hybridized carbons (Fsp3) is 0.543. The van der Waals surface area contributed by atoms with Gasteiger partial charge in [0.2, 0.25) is 5.91 Å². The summed E-state index contributed by atoms with van der Waals surface area (Å²) in [6.07, 6.45) is -1.13. The second kappa shape index (κ2) is 14.3. The number of piperazine rings is 1. The molecule has 7 rings (SSSR count). The number of hydrogen-bond donors (Lipinski definition) is 3. The summed E-state index contributed by atoms with van der Waals surface area (Å²) < 4.78 is 43.1. The zero-order chi connectivity index (χ0) is 36.0. The van der Waals surface area contributed by atoms with E-state index in [-0.39, 0.29) is 34.1 Å². The fourth-order valence-electron chi connectivity index (χ4n) is 8.31. The van der Waals surface area contributed by atoms with Crippen LogP contribution in [0.1, 0.15) is 49.3 Å². The molecule has 2 bridgehead atoms. The summed E-state index contributed by atoms with van der Waals surface area (Å²) in [5, 5.41) is 7.38. The number of carbonyl (C=O) groups is 2. The van der Waals surface area contributed by atoms with Crippen molar-refractivity contribution in [2.45, 2.75) is 74.9 Å². The Morgan fingerprint density at radius 1 is 0.980 bits per heavy atom. The van der Waals surface area contributed by atoms with E-state index in [0.717, 1.165) is 37.6 Å². The van der Waals surface area contributed by atoms with Crippen molar-refractivity contribution in [1.29, 1.82) is 0 Å². The Labute approximate surface area is 302 Å². The summed E-state index contributed by atoms with van der Waals surface area (Å²) in [5.74, 6) is 0.145. The van der Waals surface area contributed by atoms with Gasteiger partial charge in [0.05, 0.1) is 17.3 Å². The van der Waals surface area contributed by atoms with Crippen molar-refractivity contribution in [3.63, 3.8) is 0 Å². The molecule has 1 aromatic heterocycles. The van der Waals surface area contributed by atoms with Gasteiger partial charge < -0.3 is 25.8 Å². The van der Waals surface area contributed by atoms with Crippen LogP contribution < -0.4 is 16.7 Å². The van der Waals surface area contributed by atoms with E-state index in [1.54, 1.807) is 9.80 Å². The number of hydrogen-bond acceptors (Lipinski definition) is 7. The lowest BCUT2D eigenvalue weighted by Gasteiger charge is -2.42. The first-order valence-electron chi connectivity index (χ1n) is 17.5. The third-order valence-electron chi connectivity index (χ3n) is 11.1. The van der Waals surface area contributed by atoms with Crippen LogP contribution >= 0.6 is 15.9 Å². The van der Waals surface area contributed by atoms with E-state index < -0.39 is 29.5 Å². The molecule has 5 heterocycles. The van der Waals surface area contributed by atoms with Crippen molar-refractivity contribution >= 4 is 33.6 Å². The number of nitrogens with one attached hydrogen (secondary N) is 2. The first-order valence-corrected chi connectivity index (χ1v) is 18.3. The van der Waals surface area contributed by atoms with Gasteiger partial charge in [0.25, 0.3) is 0 Å². The van der Waals surface area contributed by atoms with Crippen molar-refractivity contribution in [3.05, 3.63) is 68.5 Å². The number of rotatable bonds is 7.